The first-order valence-corrected chi connectivity index (χ1v) is 54.3. The summed E-state index contributed by atoms with van der Waals surface area (Å²) in [5.74, 6) is 11.8. The van der Waals surface area contributed by atoms with E-state index in [4.69, 9.17) is 0 Å². The minimum absolute atomic E-state index is 0.440. The first-order valence-electron chi connectivity index (χ1n) is 54.3. The summed E-state index contributed by atoms with van der Waals surface area (Å²) in [7, 11) is 0. The van der Waals surface area contributed by atoms with Crippen LogP contribution in [0.5, 0.6) is 0 Å². The molecule has 9 aliphatic rings. The van der Waals surface area contributed by atoms with Gasteiger partial charge < -0.3 is 16.0 Å². The summed E-state index contributed by atoms with van der Waals surface area (Å²) in [6, 6.07) is 0. The fourth-order valence-corrected chi connectivity index (χ4v) is 24.2. The fraction of sp³-hybridized carbons (Fsp3) is 1.00. The highest BCUT2D eigenvalue weighted by atomic mass is 15.1. The van der Waals surface area contributed by atoms with Gasteiger partial charge in [-0.25, -0.2) is 0 Å². The molecule has 6 saturated carbocycles. The van der Waals surface area contributed by atoms with E-state index in [0.717, 1.165) is 93.7 Å². The van der Waals surface area contributed by atoms with Gasteiger partial charge in [0.05, 0.1) is 0 Å². The topological polar surface area (TPSA) is 36.1 Å². The molecule has 6 aliphatic carbocycles. The van der Waals surface area contributed by atoms with Crippen molar-refractivity contribution >= 4 is 0 Å². The molecule has 0 spiro atoms. The lowest BCUT2D eigenvalue weighted by Crippen LogP contribution is -2.63. The van der Waals surface area contributed by atoms with Crippen molar-refractivity contribution in [3.8, 4) is 0 Å². The molecule has 732 valence electrons. The average Bonchev–Trinajstić information content (AvgIpc) is 1.61. The van der Waals surface area contributed by atoms with Crippen LogP contribution in [0.2, 0.25) is 0 Å². The third-order valence-electron chi connectivity index (χ3n) is 33.4. The van der Waals surface area contributed by atoms with Crippen LogP contribution in [0.4, 0.5) is 0 Å². The monoisotopic (exact) mass is 1690 g/mol. The van der Waals surface area contributed by atoms with Crippen LogP contribution in [0.25, 0.3) is 0 Å². The number of hydrogen-bond donors (Lipinski definition) is 3. The minimum atomic E-state index is 0.440. The quantitative estimate of drug-likeness (QED) is 0.152. The maximum atomic E-state index is 3.67. The van der Waals surface area contributed by atoms with E-state index >= 15 is 0 Å². The molecule has 3 saturated heterocycles. The molecule has 0 aromatic carbocycles. The lowest BCUT2D eigenvalue weighted by molar-refractivity contribution is -0.0462. The van der Waals surface area contributed by atoms with E-state index in [9.17, 15) is 0 Å². The van der Waals surface area contributed by atoms with Gasteiger partial charge in [-0.05, 0) is 265 Å². The molecule has 0 atom stereocenters. The van der Waals surface area contributed by atoms with Crippen LogP contribution in [0.15, 0.2) is 0 Å². The second-order valence-corrected chi connectivity index (χ2v) is 45.1. The Morgan fingerprint density at radius 1 is 0.176 bits per heavy atom. The van der Waals surface area contributed by atoms with Gasteiger partial charge in [-0.3, -0.25) is 0 Å². The molecule has 0 unspecified atom stereocenters. The molecule has 0 aromatic heterocycles. The third-order valence-corrected chi connectivity index (χ3v) is 33.4. The van der Waals surface area contributed by atoms with Gasteiger partial charge in [0, 0.05) is 17.6 Å². The summed E-state index contributed by atoms with van der Waals surface area (Å²) in [6.07, 6.45) is 39.0. The van der Waals surface area contributed by atoms with Crippen LogP contribution in [0.3, 0.4) is 0 Å². The second-order valence-electron chi connectivity index (χ2n) is 45.1. The molecular formula is C116H253N3. The molecule has 3 heterocycles. The summed E-state index contributed by atoms with van der Waals surface area (Å²) in [5, 5.41) is 10.7. The molecule has 0 bridgehead atoms. The SMILES string of the molecule is CC.CC.CC.CC.CC.CC.CC.CC.CC.CC(C)(C)C1(C(C)(C)C)CCCCCC1.CC(C)C1(C(C)(C)C)CC1.CC(C)C1(C(C)(C)C)CCCCC1.CC(C)C1(C(C)C)CCC1.CC(C)C1(C(C)C)CCC1.CC(C)C1(C(C)C)CCCC1.CC(C)C1(C(C)C)CCCN1.CC(C)C1(C(C)C)CCN1.CC(C)C1(C(C)C)CCNC1. The largest absolute Gasteiger partial charge is 0.316 e. The highest BCUT2D eigenvalue weighted by Gasteiger charge is 2.54. The zero-order valence-corrected chi connectivity index (χ0v) is 96.0. The summed E-state index contributed by atoms with van der Waals surface area (Å²) in [4.78, 5) is 0. The average molecular weight is 1690 g/mol. The number of nitrogens with one attached hydrogen (secondary N) is 3. The van der Waals surface area contributed by atoms with Gasteiger partial charge in [-0.15, -0.1) is 0 Å². The van der Waals surface area contributed by atoms with E-state index in [2.05, 4.69) is 293 Å². The molecule has 3 heteroatoms. The van der Waals surface area contributed by atoms with Crippen LogP contribution in [-0.2, 0) is 0 Å². The van der Waals surface area contributed by atoms with Gasteiger partial charge in [-0.1, -0.05) is 472 Å². The maximum Gasteiger partial charge on any atom is 0.0239 e. The molecule has 9 fully saturated rings. The smallest absolute Gasteiger partial charge is 0.0239 e. The number of hydrogen-bond acceptors (Lipinski definition) is 3. The third kappa shape index (κ3) is 40.8. The van der Waals surface area contributed by atoms with Crippen molar-refractivity contribution in [2.45, 2.75) is 586 Å². The Kier molecular flexibility index (Phi) is 78.2. The van der Waals surface area contributed by atoms with E-state index in [0.29, 0.717) is 59.8 Å². The summed E-state index contributed by atoms with van der Waals surface area (Å²) < 4.78 is 0. The van der Waals surface area contributed by atoms with Crippen LogP contribution in [-0.4, -0.2) is 37.3 Å². The molecular weight excluding hydrogens is 1440 g/mol. The first-order chi connectivity index (χ1) is 55.1. The summed E-state index contributed by atoms with van der Waals surface area (Å²) >= 11 is 0. The van der Waals surface area contributed by atoms with E-state index in [1.807, 2.05) is 125 Å². The zero-order chi connectivity index (χ0) is 96.6. The van der Waals surface area contributed by atoms with E-state index in [-0.39, 0.29) is 0 Å². The van der Waals surface area contributed by atoms with Crippen molar-refractivity contribution in [2.24, 2.45) is 142 Å². The molecule has 0 amide bonds. The Morgan fingerprint density at radius 2 is 0.403 bits per heavy atom. The Bertz CT molecular complexity index is 1890. The number of rotatable bonds is 14. The van der Waals surface area contributed by atoms with Gasteiger partial charge in [0.25, 0.3) is 0 Å². The summed E-state index contributed by atoms with van der Waals surface area (Å²) in [5.41, 5.74) is 7.38. The van der Waals surface area contributed by atoms with Crippen molar-refractivity contribution in [2.75, 3.05) is 26.2 Å². The standard InChI is InChI=1S/C15H30.C13H26.C11H22.2C10H21N.3C10H20.C9H19N.9C2H6/c1-13(2,3)15(14(4,5)6)11-9-7-8-10-12-15;1-11(2)13(12(3,4)5)9-7-6-8-10-13;1-9(2)11(10(3)4)7-5-6-8-11;1-8(2)10(9(3)4)5-6-11-7-10;1-8(2)10(9(3)4)6-5-7-11-10;1-8(2)10(6-7-10)9(3,4)5;2*1-8(2)10(9(3)4)6-5-7-10;1-7(2)9(8(3)4)5-6-10-9;9*1-2/h7-12H2,1-6H3;11H,6-10H2,1-5H3;9-10H,5-8H2,1-4H3;2*8-9,11H,5-7H2,1-4H3;8H,6-7H2,1-5H3;2*8-9H,5-7H2,1-4H3;7-8,10H,5-6H2,1-4H3;9*1-2H3. The highest BCUT2D eigenvalue weighted by molar-refractivity contribution is 5.05. The normalized spacial score (nSPS) is 20.4. The van der Waals surface area contributed by atoms with Crippen molar-refractivity contribution in [1.82, 2.24) is 16.0 Å². The minimum Gasteiger partial charge on any atom is -0.316 e. The van der Waals surface area contributed by atoms with Crippen LogP contribution >= 0.6 is 0 Å². The van der Waals surface area contributed by atoms with Crippen LogP contribution in [0, 0.1) is 142 Å². The lowest BCUT2D eigenvalue weighted by atomic mass is 9.51. The van der Waals surface area contributed by atoms with Crippen molar-refractivity contribution in [1.29, 1.82) is 0 Å². The van der Waals surface area contributed by atoms with Gasteiger partial charge in [0.1, 0.15) is 0 Å². The predicted octanol–water partition coefficient (Wildman–Crippen LogP) is 40.3. The summed E-state index contributed by atoms with van der Waals surface area (Å²) in [6.45, 7) is 136. The Labute approximate surface area is 765 Å². The van der Waals surface area contributed by atoms with Crippen molar-refractivity contribution in [3.05, 3.63) is 0 Å². The molecule has 3 aliphatic heterocycles. The highest BCUT2D eigenvalue weighted by Crippen LogP contribution is 2.63. The van der Waals surface area contributed by atoms with Crippen molar-refractivity contribution in [3.63, 3.8) is 0 Å². The lowest BCUT2D eigenvalue weighted by Gasteiger charge is -2.54. The molecule has 3 N–H and O–H groups in total. The fourth-order valence-electron chi connectivity index (χ4n) is 24.2. The van der Waals surface area contributed by atoms with Gasteiger partial charge >= 0.3 is 0 Å². The molecule has 3 nitrogen and oxygen atoms in total. The van der Waals surface area contributed by atoms with Gasteiger partial charge in [0.15, 0.2) is 0 Å². The Balaban J connectivity index is -0.000000160. The molecule has 0 radical (unpaired) electrons. The molecule has 9 rings (SSSR count). The van der Waals surface area contributed by atoms with Gasteiger partial charge in [-0.2, -0.15) is 0 Å². The van der Waals surface area contributed by atoms with Crippen LogP contribution in [0.1, 0.15) is 575 Å². The Hall–Kier alpha value is -0.120. The maximum absolute atomic E-state index is 3.67. The van der Waals surface area contributed by atoms with E-state index < -0.39 is 0 Å². The zero-order valence-electron chi connectivity index (χ0n) is 96.0. The van der Waals surface area contributed by atoms with Crippen LogP contribution < -0.4 is 16.0 Å². The Morgan fingerprint density at radius 3 is 0.513 bits per heavy atom. The van der Waals surface area contributed by atoms with Crippen molar-refractivity contribution < 1.29 is 0 Å². The molecule has 119 heavy (non-hydrogen) atoms. The van der Waals surface area contributed by atoms with E-state index in [1.54, 1.807) is 0 Å². The molecule has 0 aromatic rings. The first kappa shape index (κ1) is 137. The second kappa shape index (κ2) is 68.0. The predicted molar refractivity (Wildman–Crippen MR) is 564 cm³/mol. The van der Waals surface area contributed by atoms with E-state index in [1.165, 1.54) is 200 Å². The van der Waals surface area contributed by atoms with Gasteiger partial charge in [0.2, 0.25) is 0 Å².